The summed E-state index contributed by atoms with van der Waals surface area (Å²) in [5.74, 6) is 4.22. The monoisotopic (exact) mass is 810 g/mol. The fraction of sp³-hybridized carbons (Fsp3) is 0.574. The van der Waals surface area contributed by atoms with E-state index in [1.54, 1.807) is 20.3 Å². The molecular weight excluding hydrogens is 751 g/mol. The fourth-order valence-corrected chi connectivity index (χ4v) is 15.8. The molecule has 0 N–H and O–H groups in total. The minimum atomic E-state index is -2.14. The summed E-state index contributed by atoms with van der Waals surface area (Å²) in [6, 6.07) is 11.0. The maximum atomic E-state index is 17.7. The molecule has 2 bridgehead atoms. The van der Waals surface area contributed by atoms with E-state index in [1.807, 2.05) is 24.3 Å². The maximum absolute atomic E-state index is 17.7. The molecule has 1 aromatic heterocycles. The topological polar surface area (TPSA) is 69.2 Å². The third-order valence-electron chi connectivity index (χ3n) is 13.9. The van der Waals surface area contributed by atoms with Crippen LogP contribution in [0.15, 0.2) is 36.4 Å². The molecule has 310 valence electrons. The van der Waals surface area contributed by atoms with Crippen molar-refractivity contribution in [3.63, 3.8) is 0 Å². The number of methoxy groups -OCH3 is 2. The highest BCUT2D eigenvalue weighted by Gasteiger charge is 2.47. The molecule has 4 aromatic rings. The number of likely N-dealkylation sites (tertiary alicyclic amines) is 1. The number of benzene rings is 3. The quantitative estimate of drug-likeness (QED) is 0.0709. The minimum Gasteiger partial charge on any atom is -0.468 e. The summed E-state index contributed by atoms with van der Waals surface area (Å²) in [5, 5.41) is 1.80. The number of hydrogen-bond acceptors (Lipinski definition) is 8. The Hall–Kier alpha value is -3.82. The highest BCUT2D eigenvalue weighted by Crippen LogP contribution is 2.48. The van der Waals surface area contributed by atoms with Gasteiger partial charge in [-0.15, -0.1) is 5.54 Å². The smallest absolute Gasteiger partial charge is 0.319 e. The van der Waals surface area contributed by atoms with Crippen LogP contribution < -0.4 is 14.4 Å². The van der Waals surface area contributed by atoms with Crippen molar-refractivity contribution in [3.05, 3.63) is 53.6 Å². The molecule has 2 atom stereocenters. The Balaban J connectivity index is 1.27. The molecule has 0 spiro atoms. The number of halogens is 2. The Kier molecular flexibility index (Phi) is 11.5. The van der Waals surface area contributed by atoms with Gasteiger partial charge in [-0.05, 0) is 90.2 Å². The van der Waals surface area contributed by atoms with Gasteiger partial charge < -0.3 is 23.8 Å². The first-order valence-electron chi connectivity index (χ1n) is 21.4. The largest absolute Gasteiger partial charge is 0.468 e. The first-order valence-corrected chi connectivity index (χ1v) is 23.6. The van der Waals surface area contributed by atoms with Crippen LogP contribution in [0.1, 0.15) is 79.2 Å². The van der Waals surface area contributed by atoms with Gasteiger partial charge in [0.1, 0.15) is 31.0 Å². The molecular formula is C47H60F2N4O4Si. The van der Waals surface area contributed by atoms with Crippen molar-refractivity contribution in [1.82, 2.24) is 14.9 Å². The van der Waals surface area contributed by atoms with Crippen molar-refractivity contribution in [2.45, 2.75) is 96.4 Å². The van der Waals surface area contributed by atoms with Gasteiger partial charge in [-0.1, -0.05) is 59.6 Å². The van der Waals surface area contributed by atoms with Crippen LogP contribution in [0.25, 0.3) is 32.8 Å². The Morgan fingerprint density at radius 2 is 1.60 bits per heavy atom. The van der Waals surface area contributed by atoms with Gasteiger partial charge in [-0.25, -0.2) is 8.78 Å². The number of fused-ring (bicyclic) bond motifs is 4. The summed E-state index contributed by atoms with van der Waals surface area (Å²) in [7, 11) is 1.17. The zero-order valence-electron chi connectivity index (χ0n) is 35.6. The second kappa shape index (κ2) is 16.3. The van der Waals surface area contributed by atoms with Crippen LogP contribution in [0.3, 0.4) is 0 Å². The lowest BCUT2D eigenvalue weighted by molar-refractivity contribution is -0.0410. The molecule has 2 saturated heterocycles. The van der Waals surface area contributed by atoms with E-state index in [-0.39, 0.29) is 35.4 Å². The van der Waals surface area contributed by atoms with Crippen LogP contribution in [0.5, 0.6) is 11.8 Å². The molecule has 0 radical (unpaired) electrons. The molecule has 2 unspecified atom stereocenters. The van der Waals surface area contributed by atoms with Gasteiger partial charge in [0.25, 0.3) is 0 Å². The van der Waals surface area contributed by atoms with Gasteiger partial charge in [-0.2, -0.15) is 9.97 Å². The third kappa shape index (κ3) is 7.70. The lowest BCUT2D eigenvalue weighted by Crippen LogP contribution is -2.54. The summed E-state index contributed by atoms with van der Waals surface area (Å²) in [6.45, 7) is 18.5. The first kappa shape index (κ1) is 40.9. The Morgan fingerprint density at radius 1 is 0.897 bits per heavy atom. The standard InChI is InChI=1S/C47H60F2N4O4Si/c1-29(2)58(30(3)4,31(5)6)17-14-34-10-9-11-35-19-36(57-28-54-7)20-38(41(34)35)42-40(48)21-39-44(43(42)49)50-46(51-45(39)53-22-32-12-13-33(18-32)23-53)56-27-47(15-16-47)26-52-24-37(25-52)55-8/h9-11,19-21,29-33,37H,12-13,15-16,18,22-28H2,1-8H3. The van der Waals surface area contributed by atoms with Crippen LogP contribution in [0.2, 0.25) is 16.6 Å². The van der Waals surface area contributed by atoms with Gasteiger partial charge >= 0.3 is 6.01 Å². The number of aromatic nitrogens is 2. The predicted molar refractivity (Wildman–Crippen MR) is 230 cm³/mol. The summed E-state index contributed by atoms with van der Waals surface area (Å²) in [4.78, 5) is 14.3. The fourth-order valence-electron chi connectivity index (χ4n) is 10.6. The molecule has 4 aliphatic rings. The molecule has 0 amide bonds. The van der Waals surface area contributed by atoms with Crippen molar-refractivity contribution >= 4 is 35.6 Å². The van der Waals surface area contributed by atoms with E-state index in [1.165, 1.54) is 12.5 Å². The Bertz CT molecular complexity index is 2190. The van der Waals surface area contributed by atoms with Crippen molar-refractivity contribution in [3.8, 4) is 34.4 Å². The number of rotatable bonds is 14. The van der Waals surface area contributed by atoms with E-state index < -0.39 is 19.7 Å². The molecule has 2 aliphatic carbocycles. The number of hydrogen-bond donors (Lipinski definition) is 0. The van der Waals surface area contributed by atoms with Gasteiger partial charge in [0.05, 0.1) is 18.3 Å². The van der Waals surface area contributed by atoms with Gasteiger partial charge in [-0.3, -0.25) is 4.90 Å². The number of nitrogens with zero attached hydrogens (tertiary/aromatic N) is 4. The van der Waals surface area contributed by atoms with Crippen molar-refractivity contribution < 1.29 is 27.7 Å². The lowest BCUT2D eigenvalue weighted by atomic mass is 9.92. The van der Waals surface area contributed by atoms with E-state index in [9.17, 15) is 0 Å². The normalized spacial score (nSPS) is 20.6. The average Bonchev–Trinajstić information content (AvgIpc) is 3.87. The highest BCUT2D eigenvalue weighted by atomic mass is 28.3. The Labute approximate surface area is 344 Å². The molecule has 3 heterocycles. The SMILES string of the molecule is COCOc1cc(-c2c(F)cc3c(N4CC5CCC(C5)C4)nc(OCC4(CN5CC(OC)C5)CC4)nc3c2F)c2c(C#C[Si](C(C)C)(C(C)C)C(C)C)cccc2c1. The highest BCUT2D eigenvalue weighted by molar-refractivity contribution is 6.90. The van der Waals surface area contributed by atoms with Crippen LogP contribution >= 0.6 is 0 Å². The van der Waals surface area contributed by atoms with E-state index in [0.717, 1.165) is 69.4 Å². The van der Waals surface area contributed by atoms with Crippen molar-refractivity contribution in [2.75, 3.05) is 65.2 Å². The van der Waals surface area contributed by atoms with Gasteiger partial charge in [0.2, 0.25) is 0 Å². The van der Waals surface area contributed by atoms with E-state index in [0.29, 0.717) is 63.0 Å². The summed E-state index contributed by atoms with van der Waals surface area (Å²) in [6.07, 6.45) is 5.90. The van der Waals surface area contributed by atoms with Crippen LogP contribution in [0.4, 0.5) is 14.6 Å². The van der Waals surface area contributed by atoms with Crippen LogP contribution in [-0.2, 0) is 9.47 Å². The summed E-state index contributed by atoms with van der Waals surface area (Å²) >= 11 is 0. The molecule has 2 saturated carbocycles. The van der Waals surface area contributed by atoms with Crippen molar-refractivity contribution in [1.29, 1.82) is 0 Å². The van der Waals surface area contributed by atoms with Crippen LogP contribution in [-0.4, -0.2) is 89.4 Å². The van der Waals surface area contributed by atoms with Gasteiger partial charge in [0, 0.05) is 74.3 Å². The number of piperidine rings is 1. The van der Waals surface area contributed by atoms with Gasteiger partial charge in [0.15, 0.2) is 12.6 Å². The van der Waals surface area contributed by atoms with E-state index in [4.69, 9.17) is 28.9 Å². The lowest BCUT2D eigenvalue weighted by Gasteiger charge is -2.40. The number of anilines is 1. The molecule has 3 aromatic carbocycles. The zero-order valence-corrected chi connectivity index (χ0v) is 36.6. The molecule has 4 fully saturated rings. The molecule has 8 nitrogen and oxygen atoms in total. The second-order valence-electron chi connectivity index (χ2n) is 18.6. The van der Waals surface area contributed by atoms with Crippen molar-refractivity contribution in [2.24, 2.45) is 17.3 Å². The molecule has 58 heavy (non-hydrogen) atoms. The Morgan fingerprint density at radius 3 is 2.24 bits per heavy atom. The van der Waals surface area contributed by atoms with E-state index >= 15 is 8.78 Å². The molecule has 8 rings (SSSR count). The maximum Gasteiger partial charge on any atom is 0.319 e. The summed E-state index contributed by atoms with van der Waals surface area (Å²) in [5.41, 5.74) is 6.09. The average molecular weight is 811 g/mol. The van der Waals surface area contributed by atoms with Crippen LogP contribution in [0, 0.1) is 40.3 Å². The van der Waals surface area contributed by atoms with E-state index in [2.05, 4.69) is 62.8 Å². The molecule has 2 aliphatic heterocycles. The molecule has 11 heteroatoms. The predicted octanol–water partition coefficient (Wildman–Crippen LogP) is 10.0. The zero-order chi connectivity index (χ0) is 40.9. The minimum absolute atomic E-state index is 0.00801. The number of ether oxygens (including phenoxy) is 4. The second-order valence-corrected chi connectivity index (χ2v) is 24.2. The first-order chi connectivity index (χ1) is 27.8. The third-order valence-corrected chi connectivity index (χ3v) is 20.2. The summed E-state index contributed by atoms with van der Waals surface area (Å²) < 4.78 is 57.9.